The van der Waals surface area contributed by atoms with Crippen molar-refractivity contribution < 1.29 is 4.74 Å². The van der Waals surface area contributed by atoms with Gasteiger partial charge in [-0.1, -0.05) is 47.1 Å². The van der Waals surface area contributed by atoms with Crippen molar-refractivity contribution in [3.05, 3.63) is 98.0 Å². The summed E-state index contributed by atoms with van der Waals surface area (Å²) in [4.78, 5) is 32.4. The molecule has 0 aliphatic rings. The second-order valence-corrected chi connectivity index (χ2v) is 8.90. The number of rotatable bonds is 5. The average Bonchev–Trinajstić information content (AvgIpc) is 2.85. The van der Waals surface area contributed by atoms with Gasteiger partial charge in [0, 0.05) is 16.4 Å². The van der Waals surface area contributed by atoms with Gasteiger partial charge in [-0.2, -0.15) is 0 Å². The Balaban J connectivity index is 1.96. The van der Waals surface area contributed by atoms with Gasteiger partial charge < -0.3 is 9.30 Å². The Morgan fingerprint density at radius 3 is 2.50 bits per heavy atom. The first-order valence-electron chi connectivity index (χ1n) is 11.0. The zero-order valence-corrected chi connectivity index (χ0v) is 20.4. The first-order valence-corrected chi connectivity index (χ1v) is 11.8. The minimum absolute atomic E-state index is 0.192. The lowest BCUT2D eigenvalue weighted by molar-refractivity contribution is 0.412. The molecular weight excluding hydrogens is 494 g/mol. The van der Waals surface area contributed by atoms with E-state index >= 15 is 0 Å². The van der Waals surface area contributed by atoms with Crippen molar-refractivity contribution in [2.45, 2.75) is 19.9 Å². The highest BCUT2D eigenvalue weighted by Crippen LogP contribution is 2.28. The Hall–Kier alpha value is -3.71. The molecule has 0 spiro atoms. The van der Waals surface area contributed by atoms with E-state index in [1.165, 1.54) is 4.57 Å². The molecule has 0 N–H and O–H groups in total. The van der Waals surface area contributed by atoms with Gasteiger partial charge in [0.05, 0.1) is 34.8 Å². The first kappa shape index (κ1) is 22.1. The van der Waals surface area contributed by atoms with E-state index in [4.69, 9.17) is 9.72 Å². The lowest BCUT2D eigenvalue weighted by Gasteiger charge is -2.18. The summed E-state index contributed by atoms with van der Waals surface area (Å²) in [5, 5.41) is 1.35. The van der Waals surface area contributed by atoms with Crippen LogP contribution in [0.1, 0.15) is 13.3 Å². The average molecular weight is 516 g/mol. The van der Waals surface area contributed by atoms with E-state index < -0.39 is 0 Å². The summed E-state index contributed by atoms with van der Waals surface area (Å²) in [6.45, 7) is 2.58. The van der Waals surface area contributed by atoms with E-state index in [1.807, 2.05) is 49.4 Å². The standard InChI is InChI=1S/C27H22BrN3O3/c1-3-14-30-22-13-12-18(28)15-17(22)16-20(26(30)32)25-29-21-9-5-4-8-19(21)27(33)31(25)23-10-6-7-11-24(23)34-2/h4-13,15-16H,3,14H2,1-2H3. The number of aromatic nitrogens is 3. The number of ether oxygens (including phenoxy) is 1. The summed E-state index contributed by atoms with van der Waals surface area (Å²) in [6.07, 6.45) is 0.791. The van der Waals surface area contributed by atoms with Gasteiger partial charge >= 0.3 is 0 Å². The number of methoxy groups -OCH3 is 1. The molecule has 0 unspecified atom stereocenters. The number of fused-ring (bicyclic) bond motifs is 2. The topological polar surface area (TPSA) is 66.1 Å². The number of hydrogen-bond donors (Lipinski definition) is 0. The zero-order valence-electron chi connectivity index (χ0n) is 18.8. The highest BCUT2D eigenvalue weighted by atomic mass is 79.9. The summed E-state index contributed by atoms with van der Waals surface area (Å²) in [6, 6.07) is 22.1. The van der Waals surface area contributed by atoms with Crippen LogP contribution in [0, 0.1) is 0 Å². The third-order valence-corrected chi connectivity index (χ3v) is 6.34. The van der Waals surface area contributed by atoms with Crippen molar-refractivity contribution in [2.75, 3.05) is 7.11 Å². The number of para-hydroxylation sites is 3. The quantitative estimate of drug-likeness (QED) is 0.307. The molecule has 3 aromatic carbocycles. The molecule has 0 aliphatic carbocycles. The van der Waals surface area contributed by atoms with Gasteiger partial charge in [-0.05, 0) is 55.0 Å². The van der Waals surface area contributed by atoms with Gasteiger partial charge in [0.25, 0.3) is 11.1 Å². The highest BCUT2D eigenvalue weighted by molar-refractivity contribution is 9.10. The van der Waals surface area contributed by atoms with Crippen LogP contribution in [0.3, 0.4) is 0 Å². The predicted molar refractivity (Wildman–Crippen MR) is 139 cm³/mol. The normalized spacial score (nSPS) is 11.3. The maximum Gasteiger partial charge on any atom is 0.266 e. The minimum atomic E-state index is -0.263. The van der Waals surface area contributed by atoms with Gasteiger partial charge in [-0.25, -0.2) is 4.98 Å². The number of pyridine rings is 1. The van der Waals surface area contributed by atoms with E-state index in [1.54, 1.807) is 42.0 Å². The van der Waals surface area contributed by atoms with Gasteiger partial charge in [-0.15, -0.1) is 0 Å². The molecule has 0 amide bonds. The van der Waals surface area contributed by atoms with Crippen molar-refractivity contribution in [2.24, 2.45) is 0 Å². The number of nitrogens with zero attached hydrogens (tertiary/aromatic N) is 3. The monoisotopic (exact) mass is 515 g/mol. The largest absolute Gasteiger partial charge is 0.495 e. The number of hydrogen-bond acceptors (Lipinski definition) is 4. The van der Waals surface area contributed by atoms with E-state index in [0.717, 1.165) is 21.8 Å². The van der Waals surface area contributed by atoms with Crippen molar-refractivity contribution in [1.29, 1.82) is 0 Å². The van der Waals surface area contributed by atoms with Crippen LogP contribution in [0.15, 0.2) is 86.9 Å². The van der Waals surface area contributed by atoms with Crippen LogP contribution < -0.4 is 15.9 Å². The summed E-state index contributed by atoms with van der Waals surface area (Å²) < 4.78 is 9.70. The number of aryl methyl sites for hydroxylation is 1. The molecule has 34 heavy (non-hydrogen) atoms. The first-order chi connectivity index (χ1) is 16.5. The van der Waals surface area contributed by atoms with Crippen LogP contribution in [0.25, 0.3) is 38.9 Å². The van der Waals surface area contributed by atoms with E-state index in [9.17, 15) is 9.59 Å². The van der Waals surface area contributed by atoms with Gasteiger partial charge in [0.1, 0.15) is 5.75 Å². The Morgan fingerprint density at radius 2 is 1.71 bits per heavy atom. The minimum Gasteiger partial charge on any atom is -0.495 e. The number of halogens is 1. The molecule has 170 valence electrons. The van der Waals surface area contributed by atoms with Crippen LogP contribution in [-0.2, 0) is 6.54 Å². The molecule has 6 nitrogen and oxygen atoms in total. The van der Waals surface area contributed by atoms with Crippen LogP contribution in [0.5, 0.6) is 5.75 Å². The zero-order chi connectivity index (χ0) is 23.8. The Bertz CT molecular complexity index is 1670. The lowest BCUT2D eigenvalue weighted by Crippen LogP contribution is -2.27. The molecule has 5 rings (SSSR count). The second kappa shape index (κ2) is 8.91. The molecule has 0 saturated heterocycles. The molecule has 0 saturated carbocycles. The summed E-state index contributed by atoms with van der Waals surface area (Å²) in [7, 11) is 1.56. The van der Waals surface area contributed by atoms with E-state index in [0.29, 0.717) is 34.4 Å². The van der Waals surface area contributed by atoms with Crippen LogP contribution in [0.2, 0.25) is 0 Å². The van der Waals surface area contributed by atoms with Gasteiger partial charge in [-0.3, -0.25) is 14.2 Å². The summed E-state index contributed by atoms with van der Waals surface area (Å²) in [5.41, 5.74) is 1.80. The Labute approximate surface area is 204 Å². The Kier molecular flexibility index (Phi) is 5.79. The van der Waals surface area contributed by atoms with Crippen LogP contribution in [-0.4, -0.2) is 21.2 Å². The third-order valence-electron chi connectivity index (χ3n) is 5.85. The van der Waals surface area contributed by atoms with E-state index in [2.05, 4.69) is 15.9 Å². The maximum atomic E-state index is 13.8. The van der Waals surface area contributed by atoms with Crippen molar-refractivity contribution in [3.8, 4) is 22.8 Å². The third kappa shape index (κ3) is 3.62. The second-order valence-electron chi connectivity index (χ2n) is 7.98. The molecule has 0 bridgehead atoms. The van der Waals surface area contributed by atoms with Crippen molar-refractivity contribution in [1.82, 2.24) is 14.1 Å². The van der Waals surface area contributed by atoms with Gasteiger partial charge in [0.2, 0.25) is 0 Å². The Morgan fingerprint density at radius 1 is 0.941 bits per heavy atom. The number of benzene rings is 3. The molecule has 0 atom stereocenters. The molecule has 5 aromatic rings. The van der Waals surface area contributed by atoms with Crippen LogP contribution in [0.4, 0.5) is 0 Å². The van der Waals surface area contributed by atoms with Gasteiger partial charge in [0.15, 0.2) is 5.82 Å². The van der Waals surface area contributed by atoms with Crippen molar-refractivity contribution >= 4 is 37.7 Å². The molecular formula is C27H22BrN3O3. The van der Waals surface area contributed by atoms with Crippen molar-refractivity contribution in [3.63, 3.8) is 0 Å². The molecule has 0 fully saturated rings. The predicted octanol–water partition coefficient (Wildman–Crippen LogP) is 5.55. The molecule has 7 heteroatoms. The summed E-state index contributed by atoms with van der Waals surface area (Å²) in [5.74, 6) is 0.797. The smallest absolute Gasteiger partial charge is 0.266 e. The summed E-state index contributed by atoms with van der Waals surface area (Å²) >= 11 is 3.53. The highest BCUT2D eigenvalue weighted by Gasteiger charge is 2.21. The molecule has 2 aromatic heterocycles. The fraction of sp³-hybridized carbons (Fsp3) is 0.148. The van der Waals surface area contributed by atoms with Crippen LogP contribution >= 0.6 is 15.9 Å². The lowest BCUT2D eigenvalue weighted by atomic mass is 10.1. The fourth-order valence-corrected chi connectivity index (χ4v) is 4.69. The molecule has 0 aliphatic heterocycles. The molecule has 2 heterocycles. The van der Waals surface area contributed by atoms with E-state index in [-0.39, 0.29) is 16.9 Å². The molecule has 0 radical (unpaired) electrons. The fourth-order valence-electron chi connectivity index (χ4n) is 4.32. The maximum absolute atomic E-state index is 13.8. The SMILES string of the molecule is CCCn1c(=O)c(-c2nc3ccccc3c(=O)n2-c2ccccc2OC)cc2cc(Br)ccc21.